The number of Topliss-reactive ketones (excluding diaryl/α,β-unsaturated/α-hetero) is 1. The Balaban J connectivity index is 1.65. The van der Waals surface area contributed by atoms with Gasteiger partial charge in [-0.2, -0.15) is 0 Å². The molecule has 4 rings (SSSR count). The summed E-state index contributed by atoms with van der Waals surface area (Å²) in [5.74, 6) is 0.0238. The van der Waals surface area contributed by atoms with Gasteiger partial charge in [0.15, 0.2) is 10.7 Å². The zero-order valence-corrected chi connectivity index (χ0v) is 16.8. The van der Waals surface area contributed by atoms with Gasteiger partial charge in [-0.1, -0.05) is 42.5 Å². The van der Waals surface area contributed by atoms with Crippen molar-refractivity contribution < 1.29 is 30.0 Å². The fraction of sp³-hybridized carbons (Fsp3) is 0.409. The summed E-state index contributed by atoms with van der Waals surface area (Å²) in [6.07, 6.45) is -3.34. The van der Waals surface area contributed by atoms with Gasteiger partial charge in [0.25, 0.3) is 0 Å². The lowest BCUT2D eigenvalue weighted by atomic mass is 9.91. The third kappa shape index (κ3) is 3.52. The Bertz CT molecular complexity index is 912. The first-order valence-electron chi connectivity index (χ1n) is 9.54. The molecule has 6 nitrogen and oxygen atoms in total. The highest BCUT2D eigenvalue weighted by atomic mass is 32.2. The van der Waals surface area contributed by atoms with Crippen LogP contribution in [0.2, 0.25) is 0 Å². The second kappa shape index (κ2) is 7.83. The zero-order chi connectivity index (χ0) is 20.8. The average Bonchev–Trinajstić information content (AvgIpc) is 3.08. The van der Waals surface area contributed by atoms with Crippen molar-refractivity contribution in [3.8, 4) is 0 Å². The van der Waals surface area contributed by atoms with Crippen LogP contribution in [0.15, 0.2) is 42.5 Å². The Hall–Kier alpha value is -1.74. The first kappa shape index (κ1) is 20.5. The Labute approximate surface area is 173 Å². The quantitative estimate of drug-likeness (QED) is 0.558. The minimum atomic E-state index is -1.41. The number of hydrogen-bond donors (Lipinski definition) is 4. The van der Waals surface area contributed by atoms with Crippen LogP contribution in [0.3, 0.4) is 0 Å². The molecule has 0 bridgehead atoms. The first-order valence-corrected chi connectivity index (χ1v) is 10.4. The van der Waals surface area contributed by atoms with E-state index < -0.39 is 28.5 Å². The molecular formula is C22H24O6S. The fourth-order valence-electron chi connectivity index (χ4n) is 4.02. The second-order valence-electron chi connectivity index (χ2n) is 7.64. The smallest absolute Gasteiger partial charge is 0.168 e. The third-order valence-corrected chi connectivity index (χ3v) is 7.37. The molecule has 2 heterocycles. The largest absolute Gasteiger partial charge is 0.395 e. The summed E-state index contributed by atoms with van der Waals surface area (Å²) >= 11 is 1.15. The molecule has 0 radical (unpaired) electrons. The normalized spacial score (nSPS) is 31.1. The molecule has 0 aromatic heterocycles. The van der Waals surface area contributed by atoms with Gasteiger partial charge < -0.3 is 25.2 Å². The van der Waals surface area contributed by atoms with Crippen LogP contribution < -0.4 is 0 Å². The Morgan fingerprint density at radius 2 is 1.79 bits per heavy atom. The molecule has 7 heteroatoms. The molecule has 29 heavy (non-hydrogen) atoms. The number of thioether (sulfide) groups is 1. The fourth-order valence-corrected chi connectivity index (χ4v) is 5.57. The number of hydrogen-bond acceptors (Lipinski definition) is 7. The molecule has 5 atom stereocenters. The number of rotatable bonds is 4. The number of benzene rings is 2. The molecule has 2 aliphatic heterocycles. The molecule has 154 valence electrons. The van der Waals surface area contributed by atoms with Gasteiger partial charge in [0.05, 0.1) is 24.6 Å². The van der Waals surface area contributed by atoms with Crippen molar-refractivity contribution in [1.82, 2.24) is 0 Å². The lowest BCUT2D eigenvalue weighted by Gasteiger charge is -2.45. The molecule has 1 saturated heterocycles. The standard InChI is InChI=1S/C22H24O6S/c1-12(24)15-5-2-13(3-6-15)8-14-4-7-16-11-28-22(17(16)9-14)21(27)20(26)19(25)18(10-23)29-22/h2-7,9,18-21,23,25-27H,8,10-11H2,1H3/t18-,19-,20+,21-,22+/m1/s1. The highest BCUT2D eigenvalue weighted by molar-refractivity contribution is 8.00. The second-order valence-corrected chi connectivity index (χ2v) is 9.09. The van der Waals surface area contributed by atoms with Gasteiger partial charge in [0, 0.05) is 11.1 Å². The number of aliphatic hydroxyl groups excluding tert-OH is 4. The van der Waals surface area contributed by atoms with E-state index in [1.54, 1.807) is 12.1 Å². The molecule has 2 aromatic rings. The summed E-state index contributed by atoms with van der Waals surface area (Å²) < 4.78 is 5.96. The van der Waals surface area contributed by atoms with Crippen LogP contribution in [-0.2, 0) is 22.7 Å². The van der Waals surface area contributed by atoms with Crippen molar-refractivity contribution in [3.05, 3.63) is 70.3 Å². The van der Waals surface area contributed by atoms with Gasteiger partial charge >= 0.3 is 0 Å². The van der Waals surface area contributed by atoms with Crippen molar-refractivity contribution in [1.29, 1.82) is 0 Å². The minimum Gasteiger partial charge on any atom is -0.395 e. The molecule has 0 aliphatic carbocycles. The Morgan fingerprint density at radius 3 is 2.45 bits per heavy atom. The van der Waals surface area contributed by atoms with E-state index in [2.05, 4.69) is 0 Å². The molecule has 2 aromatic carbocycles. The molecular weight excluding hydrogens is 392 g/mol. The van der Waals surface area contributed by atoms with Crippen LogP contribution in [0.25, 0.3) is 0 Å². The molecule has 4 N–H and O–H groups in total. The molecule has 0 amide bonds. The number of ether oxygens (including phenoxy) is 1. The average molecular weight is 416 g/mol. The van der Waals surface area contributed by atoms with Crippen molar-refractivity contribution in [2.24, 2.45) is 0 Å². The van der Waals surface area contributed by atoms with E-state index in [-0.39, 0.29) is 19.0 Å². The zero-order valence-electron chi connectivity index (χ0n) is 16.0. The molecule has 0 saturated carbocycles. The van der Waals surface area contributed by atoms with Gasteiger partial charge in [-0.25, -0.2) is 0 Å². The van der Waals surface area contributed by atoms with E-state index in [4.69, 9.17) is 4.74 Å². The summed E-state index contributed by atoms with van der Waals surface area (Å²) in [6.45, 7) is 1.49. The van der Waals surface area contributed by atoms with Gasteiger partial charge in [-0.3, -0.25) is 4.79 Å². The summed E-state index contributed by atoms with van der Waals surface area (Å²) in [5.41, 5.74) is 4.38. The molecule has 2 aliphatic rings. The SMILES string of the molecule is CC(=O)c1ccc(Cc2ccc3c(c2)[C@]2(OC3)S[C@H](CO)[C@@H](O)[C@H](O)[C@H]2O)cc1. The Morgan fingerprint density at radius 1 is 1.10 bits per heavy atom. The lowest BCUT2D eigenvalue weighted by molar-refractivity contribution is -0.147. The van der Waals surface area contributed by atoms with Crippen LogP contribution in [0.1, 0.15) is 39.5 Å². The van der Waals surface area contributed by atoms with Gasteiger partial charge in [-0.15, -0.1) is 11.8 Å². The van der Waals surface area contributed by atoms with E-state index in [1.807, 2.05) is 30.3 Å². The van der Waals surface area contributed by atoms with E-state index >= 15 is 0 Å². The maximum absolute atomic E-state index is 11.5. The first-order chi connectivity index (χ1) is 13.9. The predicted octanol–water partition coefficient (Wildman–Crippen LogP) is 1.35. The summed E-state index contributed by atoms with van der Waals surface area (Å²) in [6, 6.07) is 13.3. The lowest BCUT2D eigenvalue weighted by Crippen LogP contribution is -2.58. The number of ketones is 1. The highest BCUT2D eigenvalue weighted by Crippen LogP contribution is 2.54. The van der Waals surface area contributed by atoms with E-state index in [0.717, 1.165) is 34.0 Å². The van der Waals surface area contributed by atoms with E-state index in [9.17, 15) is 25.2 Å². The number of carbonyl (C=O) groups excluding carboxylic acids is 1. The summed E-state index contributed by atoms with van der Waals surface area (Å²) in [5, 5.41) is 40.2. The number of carbonyl (C=O) groups is 1. The number of aliphatic hydroxyl groups is 4. The van der Waals surface area contributed by atoms with Crippen molar-refractivity contribution in [3.63, 3.8) is 0 Å². The minimum absolute atomic E-state index is 0.0238. The maximum atomic E-state index is 11.5. The van der Waals surface area contributed by atoms with Gasteiger partial charge in [0.1, 0.15) is 12.2 Å². The third-order valence-electron chi connectivity index (χ3n) is 5.71. The Kier molecular flexibility index (Phi) is 5.54. The van der Waals surface area contributed by atoms with Crippen molar-refractivity contribution >= 4 is 17.5 Å². The van der Waals surface area contributed by atoms with Crippen LogP contribution >= 0.6 is 11.8 Å². The summed E-state index contributed by atoms with van der Waals surface area (Å²) in [4.78, 5) is 10.2. The van der Waals surface area contributed by atoms with Gasteiger partial charge in [0.2, 0.25) is 0 Å². The van der Waals surface area contributed by atoms with E-state index in [1.165, 1.54) is 6.92 Å². The summed E-state index contributed by atoms with van der Waals surface area (Å²) in [7, 11) is 0. The molecule has 0 unspecified atom stereocenters. The topological polar surface area (TPSA) is 107 Å². The maximum Gasteiger partial charge on any atom is 0.168 e. The predicted molar refractivity (Wildman–Crippen MR) is 109 cm³/mol. The van der Waals surface area contributed by atoms with Gasteiger partial charge in [-0.05, 0) is 30.0 Å². The van der Waals surface area contributed by atoms with Crippen LogP contribution in [0.4, 0.5) is 0 Å². The molecule has 1 fully saturated rings. The van der Waals surface area contributed by atoms with Crippen molar-refractivity contribution in [2.75, 3.05) is 6.61 Å². The van der Waals surface area contributed by atoms with Crippen LogP contribution in [0, 0.1) is 0 Å². The van der Waals surface area contributed by atoms with Crippen LogP contribution in [-0.4, -0.2) is 56.4 Å². The molecule has 1 spiro atoms. The highest BCUT2D eigenvalue weighted by Gasteiger charge is 2.57. The van der Waals surface area contributed by atoms with Crippen LogP contribution in [0.5, 0.6) is 0 Å². The van der Waals surface area contributed by atoms with E-state index in [0.29, 0.717) is 12.0 Å². The number of fused-ring (bicyclic) bond motifs is 2. The van der Waals surface area contributed by atoms with Crippen molar-refractivity contribution in [2.45, 2.75) is 48.4 Å². The monoisotopic (exact) mass is 416 g/mol.